The van der Waals surface area contributed by atoms with E-state index in [2.05, 4.69) is 33.9 Å². The number of rotatable bonds is 2. The quantitative estimate of drug-likeness (QED) is 0.765. The molecule has 2 nitrogen and oxygen atoms in total. The summed E-state index contributed by atoms with van der Waals surface area (Å²) in [5, 5.41) is 3.36. The van der Waals surface area contributed by atoms with Crippen molar-refractivity contribution in [2.24, 2.45) is 0 Å². The third-order valence-corrected chi connectivity index (χ3v) is 3.48. The molecule has 0 atom stereocenters. The van der Waals surface area contributed by atoms with Crippen molar-refractivity contribution in [1.29, 1.82) is 0 Å². The van der Waals surface area contributed by atoms with Crippen molar-refractivity contribution in [2.45, 2.75) is 4.90 Å². The van der Waals surface area contributed by atoms with E-state index in [1.54, 1.807) is 36.4 Å². The predicted octanol–water partition coefficient (Wildman–Crippen LogP) is 4.64. The summed E-state index contributed by atoms with van der Waals surface area (Å²) in [5.41, 5.74) is 1.19. The molecule has 0 fully saturated rings. The maximum Gasteiger partial charge on any atom is 0.256 e. The zero-order valence-corrected chi connectivity index (χ0v) is 12.4. The van der Waals surface area contributed by atoms with Crippen LogP contribution in [0.4, 0.5) is 5.69 Å². The molecule has 0 aromatic heterocycles. The minimum Gasteiger partial charge on any atom is -0.322 e. The molecule has 0 saturated heterocycles. The summed E-state index contributed by atoms with van der Waals surface area (Å²) in [6, 6.07) is 12.3. The molecule has 0 aliphatic heterocycles. The zero-order chi connectivity index (χ0) is 13.1. The Morgan fingerprint density at radius 1 is 1.22 bits per heavy atom. The maximum atomic E-state index is 12.1. The monoisotopic (exact) mass is 341 g/mol. The van der Waals surface area contributed by atoms with Gasteiger partial charge in [-0.05, 0) is 52.3 Å². The van der Waals surface area contributed by atoms with Crippen LogP contribution >= 0.6 is 40.2 Å². The van der Waals surface area contributed by atoms with E-state index < -0.39 is 0 Å². The fraction of sp³-hybridized carbons (Fsp3) is 0. The van der Waals surface area contributed by atoms with Gasteiger partial charge in [0.15, 0.2) is 0 Å². The minimum atomic E-state index is -0.208. The number of amides is 1. The zero-order valence-electron chi connectivity index (χ0n) is 9.15. The number of hydrogen-bond acceptors (Lipinski definition) is 2. The summed E-state index contributed by atoms with van der Waals surface area (Å²) >= 11 is 13.4. The van der Waals surface area contributed by atoms with E-state index in [0.717, 1.165) is 9.37 Å². The lowest BCUT2D eigenvalue weighted by Gasteiger charge is -2.07. The van der Waals surface area contributed by atoms with Gasteiger partial charge in [-0.3, -0.25) is 4.79 Å². The SMILES string of the molecule is O=C(Nc1cccc(Cl)c1)c1cc(S)ccc1Br. The number of nitrogens with one attached hydrogen (secondary N) is 1. The summed E-state index contributed by atoms with van der Waals surface area (Å²) in [4.78, 5) is 12.8. The van der Waals surface area contributed by atoms with E-state index >= 15 is 0 Å². The first kappa shape index (κ1) is 13.5. The molecule has 1 amide bonds. The first-order chi connectivity index (χ1) is 8.56. The average molecular weight is 343 g/mol. The Bertz CT molecular complexity index is 603. The van der Waals surface area contributed by atoms with Gasteiger partial charge in [0, 0.05) is 20.1 Å². The van der Waals surface area contributed by atoms with E-state index in [1.807, 2.05) is 6.07 Å². The number of benzene rings is 2. The van der Waals surface area contributed by atoms with Crippen LogP contribution in [-0.2, 0) is 0 Å². The third kappa shape index (κ3) is 3.28. The van der Waals surface area contributed by atoms with E-state index in [9.17, 15) is 4.79 Å². The molecule has 0 radical (unpaired) electrons. The lowest BCUT2D eigenvalue weighted by molar-refractivity contribution is 0.102. The molecule has 0 bridgehead atoms. The summed E-state index contributed by atoms with van der Waals surface area (Å²) in [5.74, 6) is -0.208. The molecule has 2 aromatic rings. The second-order valence-electron chi connectivity index (χ2n) is 3.63. The van der Waals surface area contributed by atoms with Gasteiger partial charge in [-0.25, -0.2) is 0 Å². The standard InChI is InChI=1S/C13H9BrClNOS/c14-12-5-4-10(18)7-11(12)13(17)16-9-3-1-2-8(15)6-9/h1-7,18H,(H,16,17). The summed E-state index contributed by atoms with van der Waals surface area (Å²) in [7, 11) is 0. The second-order valence-corrected chi connectivity index (χ2v) is 5.44. The number of carbonyl (C=O) groups is 1. The molecule has 92 valence electrons. The van der Waals surface area contributed by atoms with Crippen LogP contribution in [0.3, 0.4) is 0 Å². The van der Waals surface area contributed by atoms with Gasteiger partial charge in [-0.15, -0.1) is 12.6 Å². The van der Waals surface area contributed by atoms with Crippen LogP contribution in [0.2, 0.25) is 5.02 Å². The first-order valence-electron chi connectivity index (χ1n) is 5.12. The molecule has 2 aromatic carbocycles. The molecular weight excluding hydrogens is 334 g/mol. The molecule has 5 heteroatoms. The van der Waals surface area contributed by atoms with Gasteiger partial charge in [-0.2, -0.15) is 0 Å². The second kappa shape index (κ2) is 5.78. The lowest BCUT2D eigenvalue weighted by atomic mass is 10.2. The number of halogens is 2. The fourth-order valence-electron chi connectivity index (χ4n) is 1.45. The van der Waals surface area contributed by atoms with Crippen molar-refractivity contribution >= 4 is 51.8 Å². The van der Waals surface area contributed by atoms with Gasteiger partial charge >= 0.3 is 0 Å². The smallest absolute Gasteiger partial charge is 0.256 e. The van der Waals surface area contributed by atoms with Crippen LogP contribution in [0.15, 0.2) is 51.8 Å². The third-order valence-electron chi connectivity index (χ3n) is 2.28. The van der Waals surface area contributed by atoms with E-state index in [4.69, 9.17) is 11.6 Å². The van der Waals surface area contributed by atoms with E-state index in [1.165, 1.54) is 0 Å². The molecule has 0 spiro atoms. The maximum absolute atomic E-state index is 12.1. The largest absolute Gasteiger partial charge is 0.322 e. The molecular formula is C13H9BrClNOS. The topological polar surface area (TPSA) is 29.1 Å². The fourth-order valence-corrected chi connectivity index (χ4v) is 2.27. The summed E-state index contributed by atoms with van der Waals surface area (Å²) < 4.78 is 0.722. The molecule has 0 aliphatic rings. The molecule has 2 rings (SSSR count). The molecule has 1 N–H and O–H groups in total. The van der Waals surface area contributed by atoms with E-state index in [-0.39, 0.29) is 5.91 Å². The molecule has 0 unspecified atom stereocenters. The Kier molecular flexibility index (Phi) is 4.32. The summed E-state index contributed by atoms with van der Waals surface area (Å²) in [6.45, 7) is 0. The molecule has 0 aliphatic carbocycles. The first-order valence-corrected chi connectivity index (χ1v) is 6.73. The Labute approximate surface area is 124 Å². The molecule has 18 heavy (non-hydrogen) atoms. The van der Waals surface area contributed by atoms with Crippen LogP contribution in [0.1, 0.15) is 10.4 Å². The van der Waals surface area contributed by atoms with Crippen LogP contribution in [0, 0.1) is 0 Å². The number of hydrogen-bond donors (Lipinski definition) is 2. The van der Waals surface area contributed by atoms with Gasteiger partial charge in [0.2, 0.25) is 0 Å². The Morgan fingerprint density at radius 3 is 2.72 bits per heavy atom. The van der Waals surface area contributed by atoms with Crippen LogP contribution < -0.4 is 5.32 Å². The van der Waals surface area contributed by atoms with Gasteiger partial charge in [0.05, 0.1) is 5.56 Å². The van der Waals surface area contributed by atoms with Crippen LogP contribution in [0.5, 0.6) is 0 Å². The summed E-state index contributed by atoms with van der Waals surface area (Å²) in [6.07, 6.45) is 0. The van der Waals surface area contributed by atoms with Gasteiger partial charge in [0.25, 0.3) is 5.91 Å². The molecule has 0 heterocycles. The highest BCUT2D eigenvalue weighted by Gasteiger charge is 2.10. The van der Waals surface area contributed by atoms with Crippen molar-refractivity contribution in [1.82, 2.24) is 0 Å². The Balaban J connectivity index is 2.24. The van der Waals surface area contributed by atoms with Gasteiger partial charge < -0.3 is 5.32 Å². The average Bonchev–Trinajstić information content (AvgIpc) is 2.32. The number of thiol groups is 1. The minimum absolute atomic E-state index is 0.208. The van der Waals surface area contributed by atoms with Crippen molar-refractivity contribution in [3.05, 3.63) is 57.5 Å². The van der Waals surface area contributed by atoms with Crippen LogP contribution in [-0.4, -0.2) is 5.91 Å². The number of anilines is 1. The highest BCUT2D eigenvalue weighted by atomic mass is 79.9. The van der Waals surface area contributed by atoms with Crippen molar-refractivity contribution in [3.8, 4) is 0 Å². The predicted molar refractivity (Wildman–Crippen MR) is 80.8 cm³/mol. The normalized spacial score (nSPS) is 10.2. The highest BCUT2D eigenvalue weighted by molar-refractivity contribution is 9.10. The molecule has 0 saturated carbocycles. The lowest BCUT2D eigenvalue weighted by Crippen LogP contribution is -2.12. The van der Waals surface area contributed by atoms with Gasteiger partial charge in [-0.1, -0.05) is 17.7 Å². The van der Waals surface area contributed by atoms with Gasteiger partial charge in [0.1, 0.15) is 0 Å². The Morgan fingerprint density at radius 2 is 2.00 bits per heavy atom. The Hall–Kier alpha value is -0.970. The van der Waals surface area contributed by atoms with Crippen molar-refractivity contribution in [3.63, 3.8) is 0 Å². The van der Waals surface area contributed by atoms with Crippen LogP contribution in [0.25, 0.3) is 0 Å². The van der Waals surface area contributed by atoms with E-state index in [0.29, 0.717) is 16.3 Å². The van der Waals surface area contributed by atoms with Crippen molar-refractivity contribution in [2.75, 3.05) is 5.32 Å². The van der Waals surface area contributed by atoms with Crippen molar-refractivity contribution < 1.29 is 4.79 Å². The highest BCUT2D eigenvalue weighted by Crippen LogP contribution is 2.22. The number of carbonyl (C=O) groups excluding carboxylic acids is 1.